The maximum atomic E-state index is 6.24. The Labute approximate surface area is 202 Å². The topological polar surface area (TPSA) is 68.4 Å². The second-order valence-corrected chi connectivity index (χ2v) is 10.1. The normalized spacial score (nSPS) is 15.8. The van der Waals surface area contributed by atoms with Gasteiger partial charge in [0.05, 0.1) is 11.9 Å². The van der Waals surface area contributed by atoms with E-state index < -0.39 is 0 Å². The number of benzene rings is 1. The molecule has 4 aromatic rings. The van der Waals surface area contributed by atoms with E-state index in [1.807, 2.05) is 23.1 Å². The number of rotatable bonds is 7. The molecule has 1 saturated heterocycles. The summed E-state index contributed by atoms with van der Waals surface area (Å²) in [5.74, 6) is 1.32. The van der Waals surface area contributed by atoms with Crippen molar-refractivity contribution in [2.45, 2.75) is 44.1 Å². The Bertz CT molecular complexity index is 1160. The number of hydrogen-bond donors (Lipinski definition) is 0. The molecule has 0 spiro atoms. The Kier molecular flexibility index (Phi) is 6.50. The minimum atomic E-state index is 0.102. The molecular formula is C24H28N6OS2. The molecule has 0 unspecified atom stereocenters. The van der Waals surface area contributed by atoms with Gasteiger partial charge in [-0.25, -0.2) is 19.5 Å². The third-order valence-electron chi connectivity index (χ3n) is 6.28. The molecule has 1 aliphatic heterocycles. The molecular weight excluding hydrogens is 452 g/mol. The van der Waals surface area contributed by atoms with Crippen LogP contribution in [0.3, 0.4) is 0 Å². The fourth-order valence-electron chi connectivity index (χ4n) is 4.15. The van der Waals surface area contributed by atoms with Gasteiger partial charge in [0.15, 0.2) is 0 Å². The fourth-order valence-corrected chi connectivity index (χ4v) is 5.37. The van der Waals surface area contributed by atoms with E-state index >= 15 is 0 Å². The van der Waals surface area contributed by atoms with Crippen LogP contribution in [0.15, 0.2) is 47.8 Å². The van der Waals surface area contributed by atoms with Gasteiger partial charge in [-0.2, -0.15) is 0 Å². The van der Waals surface area contributed by atoms with Crippen LogP contribution in [0.2, 0.25) is 0 Å². The molecule has 33 heavy (non-hydrogen) atoms. The average Bonchev–Trinajstić information content (AvgIpc) is 3.43. The Morgan fingerprint density at radius 1 is 1.15 bits per heavy atom. The lowest BCUT2D eigenvalue weighted by atomic mass is 9.92. The van der Waals surface area contributed by atoms with Gasteiger partial charge in [0.2, 0.25) is 10.9 Å². The minimum absolute atomic E-state index is 0.102. The summed E-state index contributed by atoms with van der Waals surface area (Å²) < 4.78 is 8.06. The van der Waals surface area contributed by atoms with Crippen molar-refractivity contribution in [2.75, 3.05) is 24.2 Å². The van der Waals surface area contributed by atoms with Crippen molar-refractivity contribution in [3.63, 3.8) is 0 Å². The minimum Gasteiger partial charge on any atom is -0.466 e. The zero-order valence-electron chi connectivity index (χ0n) is 19.1. The maximum Gasteiger partial charge on any atom is 0.294 e. The Balaban J connectivity index is 1.18. The third-order valence-corrected chi connectivity index (χ3v) is 7.84. The number of ether oxygens (including phenoxy) is 1. The predicted octanol–water partition coefficient (Wildman–Crippen LogP) is 5.22. The molecule has 172 valence electrons. The van der Waals surface area contributed by atoms with Gasteiger partial charge in [0.25, 0.3) is 5.19 Å². The van der Waals surface area contributed by atoms with Gasteiger partial charge in [-0.05, 0) is 67.4 Å². The second kappa shape index (κ2) is 9.69. The van der Waals surface area contributed by atoms with E-state index in [9.17, 15) is 0 Å². The number of thioether (sulfide) groups is 1. The highest BCUT2D eigenvalue weighted by atomic mass is 32.2. The van der Waals surface area contributed by atoms with Crippen molar-refractivity contribution in [3.05, 3.63) is 48.4 Å². The van der Waals surface area contributed by atoms with Gasteiger partial charge in [-0.3, -0.25) is 0 Å². The van der Waals surface area contributed by atoms with Crippen molar-refractivity contribution < 1.29 is 4.74 Å². The summed E-state index contributed by atoms with van der Waals surface area (Å²) in [5, 5.41) is 5.30. The molecule has 7 nitrogen and oxygen atoms in total. The molecule has 3 aromatic heterocycles. The first-order chi connectivity index (χ1) is 16.1. The molecule has 9 heteroatoms. The van der Waals surface area contributed by atoms with Crippen molar-refractivity contribution in [1.82, 2.24) is 24.6 Å². The number of hydrogen-bond acceptors (Lipinski definition) is 8. The van der Waals surface area contributed by atoms with Crippen LogP contribution in [0.4, 0.5) is 5.95 Å². The van der Waals surface area contributed by atoms with Crippen LogP contribution in [-0.2, 0) is 6.42 Å². The molecule has 4 heterocycles. The monoisotopic (exact) mass is 480 g/mol. The van der Waals surface area contributed by atoms with Gasteiger partial charge >= 0.3 is 0 Å². The van der Waals surface area contributed by atoms with Crippen LogP contribution >= 0.6 is 23.1 Å². The molecule has 0 aliphatic carbocycles. The van der Waals surface area contributed by atoms with Crippen molar-refractivity contribution in [2.24, 2.45) is 5.92 Å². The van der Waals surface area contributed by atoms with Gasteiger partial charge in [-0.15, -0.1) is 16.9 Å². The quantitative estimate of drug-likeness (QED) is 0.336. The van der Waals surface area contributed by atoms with Gasteiger partial charge in [-0.1, -0.05) is 19.1 Å². The van der Waals surface area contributed by atoms with Crippen LogP contribution in [0.25, 0.3) is 16.2 Å². The summed E-state index contributed by atoms with van der Waals surface area (Å²) in [7, 11) is 0. The van der Waals surface area contributed by atoms with E-state index in [-0.39, 0.29) is 6.10 Å². The lowest BCUT2D eigenvalue weighted by molar-refractivity contribution is 0.131. The summed E-state index contributed by atoms with van der Waals surface area (Å²) in [5.41, 5.74) is 3.20. The second-order valence-electron chi connectivity index (χ2n) is 8.34. The first kappa shape index (κ1) is 22.2. The molecule has 0 N–H and O–H groups in total. The van der Waals surface area contributed by atoms with E-state index in [1.54, 1.807) is 11.8 Å². The molecule has 1 aliphatic rings. The van der Waals surface area contributed by atoms with Crippen molar-refractivity contribution >= 4 is 34.0 Å². The van der Waals surface area contributed by atoms with Crippen LogP contribution in [-0.4, -0.2) is 50.0 Å². The number of imidazole rings is 1. The number of fused-ring (bicyclic) bond motifs is 1. The zero-order chi connectivity index (χ0) is 22.8. The Morgan fingerprint density at radius 3 is 2.52 bits per heavy atom. The summed E-state index contributed by atoms with van der Waals surface area (Å²) in [4.78, 5) is 18.2. The van der Waals surface area contributed by atoms with Gasteiger partial charge < -0.3 is 9.64 Å². The van der Waals surface area contributed by atoms with Gasteiger partial charge in [0, 0.05) is 35.9 Å². The first-order valence-electron chi connectivity index (χ1n) is 11.4. The molecule has 0 radical (unpaired) electrons. The highest BCUT2D eigenvalue weighted by Crippen LogP contribution is 2.30. The fraction of sp³-hybridized carbons (Fsp3) is 0.417. The number of aryl methyl sites for hydroxylation is 1. The highest BCUT2D eigenvalue weighted by Gasteiger charge is 2.27. The standard InChI is InChI=1S/C24H28N6OS2/c1-4-17-13-25-22(26-14-17)29-11-9-18(10-12-29)16(2)31-24-28-30-15-21(27-23(30)33-24)19-5-7-20(32-3)8-6-19/h5-8,13-16,18H,4,9-12H2,1-3H3/t16-/m0/s1. The lowest BCUT2D eigenvalue weighted by Gasteiger charge is -2.34. The van der Waals surface area contributed by atoms with Crippen LogP contribution in [0, 0.1) is 5.92 Å². The number of piperidine rings is 1. The van der Waals surface area contributed by atoms with E-state index in [0.717, 1.165) is 54.5 Å². The highest BCUT2D eigenvalue weighted by molar-refractivity contribution is 7.98. The van der Waals surface area contributed by atoms with E-state index in [4.69, 9.17) is 9.72 Å². The lowest BCUT2D eigenvalue weighted by Crippen LogP contribution is -2.39. The summed E-state index contributed by atoms with van der Waals surface area (Å²) in [6.45, 7) is 6.16. The van der Waals surface area contributed by atoms with Crippen molar-refractivity contribution in [3.8, 4) is 16.5 Å². The Hall–Kier alpha value is -2.65. The molecule has 0 bridgehead atoms. The largest absolute Gasteiger partial charge is 0.466 e. The average molecular weight is 481 g/mol. The summed E-state index contributed by atoms with van der Waals surface area (Å²) in [6.07, 6.45) is 11.1. The molecule has 0 saturated carbocycles. The molecule has 0 amide bonds. The van der Waals surface area contributed by atoms with E-state index in [1.165, 1.54) is 21.8 Å². The molecule has 1 aromatic carbocycles. The molecule has 5 rings (SSSR count). The third kappa shape index (κ3) is 4.84. The molecule has 1 atom stereocenters. The van der Waals surface area contributed by atoms with Gasteiger partial charge in [0.1, 0.15) is 6.10 Å². The van der Waals surface area contributed by atoms with Crippen molar-refractivity contribution in [1.29, 1.82) is 0 Å². The molecule has 1 fully saturated rings. The number of anilines is 1. The first-order valence-corrected chi connectivity index (χ1v) is 13.4. The Morgan fingerprint density at radius 2 is 1.88 bits per heavy atom. The predicted molar refractivity (Wildman–Crippen MR) is 135 cm³/mol. The number of nitrogens with zero attached hydrogens (tertiary/aromatic N) is 6. The van der Waals surface area contributed by atoms with Crippen LogP contribution < -0.4 is 9.64 Å². The SMILES string of the molecule is CCc1cnc(N2CCC([C@H](C)Oc3nn4cc(-c5ccc(SC)cc5)nc4s3)CC2)nc1. The van der Waals surface area contributed by atoms with E-state index in [0.29, 0.717) is 11.1 Å². The maximum absolute atomic E-state index is 6.24. The van der Waals surface area contributed by atoms with E-state index in [2.05, 4.69) is 64.3 Å². The smallest absolute Gasteiger partial charge is 0.294 e. The number of aromatic nitrogens is 5. The van der Waals surface area contributed by atoms with Crippen LogP contribution in [0.1, 0.15) is 32.3 Å². The summed E-state index contributed by atoms with van der Waals surface area (Å²) in [6, 6.07) is 8.45. The van der Waals surface area contributed by atoms with Crippen LogP contribution in [0.5, 0.6) is 5.19 Å². The summed E-state index contributed by atoms with van der Waals surface area (Å²) >= 11 is 3.24. The zero-order valence-corrected chi connectivity index (χ0v) is 20.8.